The number of pyridine rings is 1. The molecular weight excluding hydrogens is 454 g/mol. The minimum atomic E-state index is -3.84. The number of carbonyl (C=O) groups excluding carboxylic acids is 1. The normalized spacial score (nSPS) is 13.2. The van der Waals surface area contributed by atoms with Gasteiger partial charge >= 0.3 is 0 Å². The lowest BCUT2D eigenvalue weighted by atomic mass is 10.2. The van der Waals surface area contributed by atoms with Crippen molar-refractivity contribution in [2.75, 3.05) is 23.3 Å². The summed E-state index contributed by atoms with van der Waals surface area (Å²) in [4.78, 5) is 17.0. The summed E-state index contributed by atoms with van der Waals surface area (Å²) in [6.45, 7) is 0.989. The second-order valence-corrected chi connectivity index (χ2v) is 9.37. The van der Waals surface area contributed by atoms with Gasteiger partial charge in [0.1, 0.15) is 5.69 Å². The number of carbonyl (C=O) groups is 1. The Morgan fingerprint density at radius 2 is 1.56 bits per heavy atom. The molecule has 172 valence electrons. The van der Waals surface area contributed by atoms with E-state index in [0.717, 1.165) is 17.3 Å². The molecule has 34 heavy (non-hydrogen) atoms. The molecule has 0 spiro atoms. The van der Waals surface area contributed by atoms with Crippen LogP contribution in [-0.2, 0) is 10.0 Å². The molecule has 1 aliphatic heterocycles. The Kier molecular flexibility index (Phi) is 5.77. The van der Waals surface area contributed by atoms with Crippen LogP contribution < -0.4 is 19.5 Å². The van der Waals surface area contributed by atoms with Gasteiger partial charge in [-0.1, -0.05) is 24.3 Å². The Bertz CT molecular complexity index is 1470. The van der Waals surface area contributed by atoms with Gasteiger partial charge in [0.2, 0.25) is 0 Å². The van der Waals surface area contributed by atoms with E-state index in [0.29, 0.717) is 36.1 Å². The maximum atomic E-state index is 12.8. The van der Waals surface area contributed by atoms with Crippen LogP contribution in [0.1, 0.15) is 16.9 Å². The molecule has 9 heteroatoms. The van der Waals surface area contributed by atoms with Crippen LogP contribution in [0.15, 0.2) is 83.8 Å². The van der Waals surface area contributed by atoms with Crippen molar-refractivity contribution in [2.45, 2.75) is 11.3 Å². The SMILES string of the molecule is O=C(Nc1ccc(NS(=O)(=O)c2ccc3c(c2)OCCCO3)cc1)c1ccc2ccccc2n1. The number of benzene rings is 3. The Labute approximate surface area is 196 Å². The zero-order valence-corrected chi connectivity index (χ0v) is 18.8. The molecule has 0 atom stereocenters. The fourth-order valence-corrected chi connectivity index (χ4v) is 4.61. The van der Waals surface area contributed by atoms with Crippen molar-refractivity contribution < 1.29 is 22.7 Å². The molecule has 0 aliphatic carbocycles. The molecular formula is C25H21N3O5S. The zero-order chi connectivity index (χ0) is 23.5. The smallest absolute Gasteiger partial charge is 0.274 e. The Balaban J connectivity index is 1.28. The summed E-state index contributed by atoms with van der Waals surface area (Å²) in [5.41, 5.74) is 1.89. The average molecular weight is 476 g/mol. The highest BCUT2D eigenvalue weighted by atomic mass is 32.2. The number of fused-ring (bicyclic) bond motifs is 2. The minimum absolute atomic E-state index is 0.0662. The van der Waals surface area contributed by atoms with Crippen molar-refractivity contribution in [3.8, 4) is 11.5 Å². The van der Waals surface area contributed by atoms with E-state index in [1.54, 1.807) is 36.4 Å². The van der Waals surface area contributed by atoms with E-state index in [-0.39, 0.29) is 16.5 Å². The standard InChI is InChI=1S/C25H21N3O5S/c29-25(22-12-6-17-4-1-2-5-21(17)27-22)26-18-7-9-19(10-8-18)28-34(30,31)20-11-13-23-24(16-20)33-15-3-14-32-23/h1-2,4-13,16,28H,3,14-15H2,(H,26,29). The number of rotatable bonds is 5. The summed E-state index contributed by atoms with van der Waals surface area (Å²) < 4.78 is 39.4. The molecule has 5 rings (SSSR count). The highest BCUT2D eigenvalue weighted by Crippen LogP contribution is 2.32. The van der Waals surface area contributed by atoms with Crippen molar-refractivity contribution in [3.63, 3.8) is 0 Å². The molecule has 0 radical (unpaired) electrons. The van der Waals surface area contributed by atoms with Crippen LogP contribution in [-0.4, -0.2) is 32.5 Å². The van der Waals surface area contributed by atoms with Gasteiger partial charge in [0.05, 0.1) is 23.6 Å². The second kappa shape index (κ2) is 9.03. The van der Waals surface area contributed by atoms with Gasteiger partial charge in [-0.05, 0) is 48.5 Å². The van der Waals surface area contributed by atoms with E-state index in [1.807, 2.05) is 30.3 Å². The Morgan fingerprint density at radius 3 is 2.38 bits per heavy atom. The van der Waals surface area contributed by atoms with E-state index in [1.165, 1.54) is 12.1 Å². The van der Waals surface area contributed by atoms with E-state index >= 15 is 0 Å². The number of nitrogens with one attached hydrogen (secondary N) is 2. The third-order valence-electron chi connectivity index (χ3n) is 5.26. The number of amides is 1. The lowest BCUT2D eigenvalue weighted by molar-refractivity contribution is 0.102. The molecule has 1 aromatic heterocycles. The molecule has 1 amide bonds. The minimum Gasteiger partial charge on any atom is -0.490 e. The predicted octanol–water partition coefficient (Wildman–Crippen LogP) is 4.45. The second-order valence-electron chi connectivity index (χ2n) is 7.69. The summed E-state index contributed by atoms with van der Waals surface area (Å²) >= 11 is 0. The molecule has 4 aromatic rings. The van der Waals surface area contributed by atoms with Crippen molar-refractivity contribution >= 4 is 38.2 Å². The Hall–Kier alpha value is -4.11. The molecule has 0 bridgehead atoms. The number of hydrogen-bond donors (Lipinski definition) is 2. The van der Waals surface area contributed by atoms with E-state index in [9.17, 15) is 13.2 Å². The lowest BCUT2D eigenvalue weighted by Crippen LogP contribution is -2.14. The molecule has 3 aromatic carbocycles. The fraction of sp³-hybridized carbons (Fsp3) is 0.120. The van der Waals surface area contributed by atoms with Crippen LogP contribution in [0.4, 0.5) is 11.4 Å². The van der Waals surface area contributed by atoms with Crippen molar-refractivity contribution in [3.05, 3.63) is 84.6 Å². The first-order valence-electron chi connectivity index (χ1n) is 10.7. The van der Waals surface area contributed by atoms with Crippen LogP contribution in [0, 0.1) is 0 Å². The third-order valence-corrected chi connectivity index (χ3v) is 6.63. The summed E-state index contributed by atoms with van der Waals surface area (Å²) in [5, 5.41) is 3.72. The summed E-state index contributed by atoms with van der Waals surface area (Å²) in [6.07, 6.45) is 0.731. The highest BCUT2D eigenvalue weighted by Gasteiger charge is 2.19. The highest BCUT2D eigenvalue weighted by molar-refractivity contribution is 7.92. The first kappa shape index (κ1) is 21.7. The number of aromatic nitrogens is 1. The fourth-order valence-electron chi connectivity index (χ4n) is 3.53. The van der Waals surface area contributed by atoms with Crippen LogP contribution >= 0.6 is 0 Å². The van der Waals surface area contributed by atoms with Crippen LogP contribution in [0.3, 0.4) is 0 Å². The van der Waals surface area contributed by atoms with E-state index < -0.39 is 10.0 Å². The van der Waals surface area contributed by atoms with Gasteiger partial charge in [0.15, 0.2) is 11.5 Å². The molecule has 0 saturated heterocycles. The summed E-state index contributed by atoms with van der Waals surface area (Å²) in [5.74, 6) is 0.574. The van der Waals surface area contributed by atoms with Gasteiger partial charge in [-0.15, -0.1) is 0 Å². The number of sulfonamides is 1. The first-order valence-corrected chi connectivity index (χ1v) is 12.2. The number of para-hydroxylation sites is 1. The molecule has 0 saturated carbocycles. The largest absolute Gasteiger partial charge is 0.490 e. The predicted molar refractivity (Wildman–Crippen MR) is 129 cm³/mol. The van der Waals surface area contributed by atoms with E-state index in [4.69, 9.17) is 9.47 Å². The first-order chi connectivity index (χ1) is 16.5. The number of ether oxygens (including phenoxy) is 2. The van der Waals surface area contributed by atoms with Crippen LogP contribution in [0.25, 0.3) is 10.9 Å². The van der Waals surface area contributed by atoms with Crippen LogP contribution in [0.5, 0.6) is 11.5 Å². The van der Waals surface area contributed by atoms with Crippen molar-refractivity contribution in [2.24, 2.45) is 0 Å². The zero-order valence-electron chi connectivity index (χ0n) is 18.0. The molecule has 1 aliphatic rings. The monoisotopic (exact) mass is 475 g/mol. The molecule has 0 unspecified atom stereocenters. The van der Waals surface area contributed by atoms with Gasteiger partial charge < -0.3 is 14.8 Å². The molecule has 2 heterocycles. The van der Waals surface area contributed by atoms with Gasteiger partial charge in [-0.3, -0.25) is 9.52 Å². The summed E-state index contributed by atoms with van der Waals surface area (Å²) in [7, 11) is -3.84. The maximum absolute atomic E-state index is 12.8. The Morgan fingerprint density at radius 1 is 0.824 bits per heavy atom. The van der Waals surface area contributed by atoms with E-state index in [2.05, 4.69) is 15.0 Å². The quantitative estimate of drug-likeness (QED) is 0.442. The van der Waals surface area contributed by atoms with Crippen LogP contribution in [0.2, 0.25) is 0 Å². The van der Waals surface area contributed by atoms with Gasteiger partial charge in [0.25, 0.3) is 15.9 Å². The number of hydrogen-bond acceptors (Lipinski definition) is 6. The van der Waals surface area contributed by atoms with Gasteiger partial charge in [0, 0.05) is 29.2 Å². The molecule has 2 N–H and O–H groups in total. The molecule has 8 nitrogen and oxygen atoms in total. The van der Waals surface area contributed by atoms with Gasteiger partial charge in [-0.2, -0.15) is 0 Å². The lowest BCUT2D eigenvalue weighted by Gasteiger charge is -2.12. The topological polar surface area (TPSA) is 107 Å². The number of nitrogens with zero attached hydrogens (tertiary/aromatic N) is 1. The third kappa shape index (κ3) is 4.65. The average Bonchev–Trinajstić information content (AvgIpc) is 3.10. The number of anilines is 2. The summed E-state index contributed by atoms with van der Waals surface area (Å²) in [6, 6.07) is 21.9. The van der Waals surface area contributed by atoms with Crippen molar-refractivity contribution in [1.82, 2.24) is 4.98 Å². The van der Waals surface area contributed by atoms with Crippen molar-refractivity contribution in [1.29, 1.82) is 0 Å². The maximum Gasteiger partial charge on any atom is 0.274 e. The molecule has 0 fully saturated rings. The van der Waals surface area contributed by atoms with Gasteiger partial charge in [-0.25, -0.2) is 13.4 Å².